The van der Waals surface area contributed by atoms with Gasteiger partial charge in [-0.2, -0.15) is 0 Å². The van der Waals surface area contributed by atoms with Crippen molar-refractivity contribution in [1.82, 2.24) is 9.97 Å². The first-order valence-corrected chi connectivity index (χ1v) is 16.4. The second kappa shape index (κ2) is 20.1. The number of carbonyl (C=O) groups is 2. The normalized spacial score (nSPS) is 15.7. The van der Waals surface area contributed by atoms with Crippen LogP contribution in [0.2, 0.25) is 0 Å². The molecule has 2 atom stereocenters. The van der Waals surface area contributed by atoms with E-state index in [9.17, 15) is 19.6 Å². The molecule has 4 aromatic rings. The molecule has 19 nitrogen and oxygen atoms in total. The van der Waals surface area contributed by atoms with Gasteiger partial charge in [0.25, 0.3) is 0 Å². The maximum absolute atomic E-state index is 11.8. The number of fused-ring (bicyclic) bond motifs is 2. The Labute approximate surface area is 342 Å². The van der Waals surface area contributed by atoms with Crippen molar-refractivity contribution in [2.45, 2.75) is 45.8 Å². The summed E-state index contributed by atoms with van der Waals surface area (Å²) in [6.07, 6.45) is 1.39. The summed E-state index contributed by atoms with van der Waals surface area (Å²) in [5.41, 5.74) is 15.9. The zero-order valence-electron chi connectivity index (χ0n) is 30.7. The number of oxime groups is 2. The van der Waals surface area contributed by atoms with E-state index in [1.807, 2.05) is 6.92 Å². The summed E-state index contributed by atoms with van der Waals surface area (Å²) >= 11 is 0. The number of carboxylic acid groups (broad SMARTS) is 1. The molecule has 4 heterocycles. The predicted molar refractivity (Wildman–Crippen MR) is 194 cm³/mol. The van der Waals surface area contributed by atoms with Crippen LogP contribution >= 0.6 is 0 Å². The van der Waals surface area contributed by atoms with E-state index < -0.39 is 38.4 Å². The number of aliphatic carboxylic acids is 1. The summed E-state index contributed by atoms with van der Waals surface area (Å²) in [6.45, 7) is 5.63. The molecule has 2 unspecified atom stereocenters. The number of nitrogens with zero attached hydrogens (tertiary/aromatic N) is 4. The maximum atomic E-state index is 11.8. The molecule has 6 rings (SSSR count). The van der Waals surface area contributed by atoms with Crippen LogP contribution in [0.3, 0.4) is 0 Å². The first-order valence-electron chi connectivity index (χ1n) is 16.4. The van der Waals surface area contributed by atoms with E-state index in [1.54, 1.807) is 50.2 Å². The Balaban J connectivity index is 0.000000291. The average molecular weight is 782 g/mol. The fourth-order valence-electron chi connectivity index (χ4n) is 6.02. The molecular formula is C34H37B2N6NaO13. The van der Waals surface area contributed by atoms with E-state index in [-0.39, 0.29) is 77.9 Å². The topological polar surface area (TPSA) is 314 Å². The van der Waals surface area contributed by atoms with Gasteiger partial charge < -0.3 is 66.0 Å². The molecule has 2 aliphatic rings. The first-order chi connectivity index (χ1) is 25.8. The number of carboxylic acids is 1. The standard InChI is InChI=1S/C18H20BN3O6.C16H16BN3O6.Na.H2O/c1-3-26-16(23)9-14-17-10(2)6-12(8-13(17)19(24)28-14)27-15-7-11(4-5-21-15)18(20)22-25;1-8-4-10(25-13-5-9(2-3-19-13)16(18)20-24)6-11-15(8)12(7-14(21)22)26-17(11)23;;/h4-8,14,24-25H,3,9H2,1-2H3,(H2,20,22);2-6,12,23-24H,7H2,1H3,(H2,18,20)(H,21,22);;1H2/q;;+1;/p-1. The predicted octanol–water partition coefficient (Wildman–Crippen LogP) is -1.67. The van der Waals surface area contributed by atoms with Crippen LogP contribution in [0.5, 0.6) is 23.3 Å². The van der Waals surface area contributed by atoms with Crippen LogP contribution in [0.4, 0.5) is 0 Å². The van der Waals surface area contributed by atoms with E-state index in [0.29, 0.717) is 39.1 Å². The van der Waals surface area contributed by atoms with Crippen molar-refractivity contribution in [1.29, 1.82) is 0 Å². The Kier molecular flexibility index (Phi) is 16.2. The smallest absolute Gasteiger partial charge is 0.870 e. The van der Waals surface area contributed by atoms with Gasteiger partial charge in [0.2, 0.25) is 11.8 Å². The van der Waals surface area contributed by atoms with E-state index >= 15 is 0 Å². The molecule has 0 saturated carbocycles. The van der Waals surface area contributed by atoms with Crippen LogP contribution < -0.4 is 61.4 Å². The minimum absolute atomic E-state index is 0. The second-order valence-corrected chi connectivity index (χ2v) is 12.0. The number of carbonyl (C=O) groups excluding carboxylic acids is 1. The largest absolute Gasteiger partial charge is 1.00 e. The molecule has 2 aromatic heterocycles. The quantitative estimate of drug-likeness (QED) is 0.0223. The van der Waals surface area contributed by atoms with E-state index in [4.69, 9.17) is 50.5 Å². The van der Waals surface area contributed by atoms with Gasteiger partial charge >= 0.3 is 55.7 Å². The number of benzene rings is 2. The molecule has 56 heavy (non-hydrogen) atoms. The fourth-order valence-corrected chi connectivity index (χ4v) is 6.02. The SMILES string of the molecule is CCOC(=O)CC1OB(O)c2cc(Oc3cc(C(N)=NO)ccn3)cc(C)c21.Cc1cc(Oc2cc(C(N)=NO)ccn2)cc2c1C(CC(=O)O)OB2O.[Na+].[OH-]. The van der Waals surface area contributed by atoms with Gasteiger partial charge in [0, 0.05) is 35.7 Å². The number of hydrogen-bond acceptors (Lipinski definition) is 16. The molecule has 0 amide bonds. The molecule has 0 spiro atoms. The van der Waals surface area contributed by atoms with Crippen molar-refractivity contribution in [2.24, 2.45) is 21.8 Å². The van der Waals surface area contributed by atoms with Gasteiger partial charge in [0.05, 0.1) is 31.7 Å². The minimum atomic E-state index is -1.23. The van der Waals surface area contributed by atoms with Crippen molar-refractivity contribution < 1.29 is 93.7 Å². The Morgan fingerprint density at radius 2 is 1.21 bits per heavy atom. The van der Waals surface area contributed by atoms with Crippen LogP contribution in [0, 0.1) is 13.8 Å². The second-order valence-electron chi connectivity index (χ2n) is 12.0. The molecule has 288 valence electrons. The molecule has 2 aliphatic heterocycles. The molecule has 0 radical (unpaired) electrons. The first kappa shape index (κ1) is 45.1. The van der Waals surface area contributed by atoms with Crippen molar-refractivity contribution in [3.8, 4) is 23.3 Å². The van der Waals surface area contributed by atoms with Gasteiger partial charge in [-0.25, -0.2) is 9.97 Å². The van der Waals surface area contributed by atoms with E-state index in [2.05, 4.69) is 20.3 Å². The van der Waals surface area contributed by atoms with Crippen molar-refractivity contribution >= 4 is 48.8 Å². The Hall–Kier alpha value is -5.25. The van der Waals surface area contributed by atoms with Gasteiger partial charge in [-0.05, 0) is 90.3 Å². The van der Waals surface area contributed by atoms with E-state index in [1.165, 1.54) is 24.5 Å². The summed E-state index contributed by atoms with van der Waals surface area (Å²) in [5, 5.41) is 52.7. The zero-order valence-corrected chi connectivity index (χ0v) is 32.7. The number of hydrogen-bond donors (Lipinski definition) is 7. The third-order valence-corrected chi connectivity index (χ3v) is 8.29. The monoisotopic (exact) mass is 782 g/mol. The molecule has 2 aromatic carbocycles. The zero-order chi connectivity index (χ0) is 39.1. The van der Waals surface area contributed by atoms with Gasteiger partial charge in [0.1, 0.15) is 11.5 Å². The number of esters is 1. The Bertz CT molecular complexity index is 2110. The fraction of sp³-hybridized carbons (Fsp3) is 0.235. The average Bonchev–Trinajstić information content (AvgIpc) is 3.62. The van der Waals surface area contributed by atoms with Gasteiger partial charge in [-0.15, -0.1) is 0 Å². The van der Waals surface area contributed by atoms with Crippen LogP contribution in [0.15, 0.2) is 71.2 Å². The van der Waals surface area contributed by atoms with Crippen LogP contribution in [-0.4, -0.2) is 85.5 Å². The maximum Gasteiger partial charge on any atom is 1.00 e. The molecular weight excluding hydrogens is 745 g/mol. The van der Waals surface area contributed by atoms with Crippen molar-refractivity contribution in [3.05, 3.63) is 94.3 Å². The number of nitrogens with two attached hydrogens (primary N) is 2. The van der Waals surface area contributed by atoms with Crippen LogP contribution in [-0.2, 0) is 23.6 Å². The number of rotatable bonds is 11. The third-order valence-electron chi connectivity index (χ3n) is 8.29. The molecule has 10 N–H and O–H groups in total. The van der Waals surface area contributed by atoms with E-state index in [0.717, 1.165) is 16.7 Å². The molecule has 0 saturated heterocycles. The number of aryl methyl sites for hydroxylation is 2. The molecule has 0 aliphatic carbocycles. The summed E-state index contributed by atoms with van der Waals surface area (Å²) in [6, 6.07) is 12.8. The van der Waals surface area contributed by atoms with Crippen molar-refractivity contribution in [3.63, 3.8) is 0 Å². The Morgan fingerprint density at radius 1 is 0.786 bits per heavy atom. The molecule has 0 fully saturated rings. The van der Waals surface area contributed by atoms with Gasteiger partial charge in [-0.1, -0.05) is 10.3 Å². The van der Waals surface area contributed by atoms with Crippen LogP contribution in [0.1, 0.15) is 65.4 Å². The third kappa shape index (κ3) is 10.7. The molecule has 22 heteroatoms. The number of ether oxygens (including phenoxy) is 3. The molecule has 0 bridgehead atoms. The summed E-state index contributed by atoms with van der Waals surface area (Å²) in [4.78, 5) is 30.9. The summed E-state index contributed by atoms with van der Waals surface area (Å²) in [5.74, 6) is -0.283. The number of amidine groups is 2. The number of aromatic nitrogens is 2. The van der Waals surface area contributed by atoms with Gasteiger partial charge in [-0.3, -0.25) is 9.59 Å². The summed E-state index contributed by atoms with van der Waals surface area (Å²) in [7, 11) is -2.40. The Morgan fingerprint density at radius 3 is 1.61 bits per heavy atom. The minimum Gasteiger partial charge on any atom is -0.870 e. The number of pyridine rings is 2. The van der Waals surface area contributed by atoms with Crippen molar-refractivity contribution in [2.75, 3.05) is 6.61 Å². The van der Waals surface area contributed by atoms with Gasteiger partial charge in [0.15, 0.2) is 11.7 Å². The van der Waals surface area contributed by atoms with Crippen LogP contribution in [0.25, 0.3) is 0 Å². The summed E-state index contributed by atoms with van der Waals surface area (Å²) < 4.78 is 27.3.